The molecule has 0 aliphatic rings. The Balaban J connectivity index is 2.24. The Hall–Kier alpha value is -2.67. The van der Waals surface area contributed by atoms with Crippen LogP contribution in [-0.4, -0.2) is 43.3 Å². The molecule has 0 bridgehead atoms. The number of ether oxygens (including phenoxy) is 2. The van der Waals surface area contributed by atoms with Crippen molar-refractivity contribution >= 4 is 27.7 Å². The van der Waals surface area contributed by atoms with Crippen molar-refractivity contribution in [2.45, 2.75) is 6.61 Å². The topological polar surface area (TPSA) is 76.2 Å². The van der Waals surface area contributed by atoms with Crippen LogP contribution in [0.25, 0.3) is 21.8 Å². The summed E-state index contributed by atoms with van der Waals surface area (Å²) in [6, 6.07) is 5.67. The van der Waals surface area contributed by atoms with Crippen LogP contribution in [0.15, 0.2) is 24.4 Å². The van der Waals surface area contributed by atoms with Crippen molar-refractivity contribution in [2.75, 3.05) is 27.4 Å². The van der Waals surface area contributed by atoms with Gasteiger partial charge in [0.2, 0.25) is 0 Å². The predicted octanol–water partition coefficient (Wildman–Crippen LogP) is 2.57. The summed E-state index contributed by atoms with van der Waals surface area (Å²) in [7, 11) is 3.15. The standard InChI is InChI=1S/C17H18FN3O3/c1-23-9-12-15-11-7-10(24-2)3-4-13(11)21-14(15)8-20-16(12)17(22)19-6-5-18/h3-4,7-8,21H,5-6,9H2,1-2H3,(H,19,22). The zero-order chi connectivity index (χ0) is 17.1. The first-order chi connectivity index (χ1) is 11.7. The van der Waals surface area contributed by atoms with Gasteiger partial charge in [0.1, 0.15) is 18.1 Å². The van der Waals surface area contributed by atoms with Gasteiger partial charge in [-0.2, -0.15) is 0 Å². The highest BCUT2D eigenvalue weighted by atomic mass is 19.1. The normalized spacial score (nSPS) is 11.1. The van der Waals surface area contributed by atoms with Gasteiger partial charge in [0.05, 0.1) is 25.4 Å². The van der Waals surface area contributed by atoms with Gasteiger partial charge in [-0.25, -0.2) is 9.37 Å². The molecule has 1 amide bonds. The number of H-pyrrole nitrogens is 1. The molecule has 0 saturated carbocycles. The van der Waals surface area contributed by atoms with Crippen LogP contribution in [0.4, 0.5) is 4.39 Å². The van der Waals surface area contributed by atoms with Crippen LogP contribution in [0.1, 0.15) is 16.1 Å². The summed E-state index contributed by atoms with van der Waals surface area (Å²) in [5.41, 5.74) is 2.60. The molecule has 2 aromatic heterocycles. The molecule has 3 aromatic rings. The summed E-state index contributed by atoms with van der Waals surface area (Å²) in [5, 5.41) is 4.28. The van der Waals surface area contributed by atoms with Gasteiger partial charge in [-0.15, -0.1) is 0 Å². The van der Waals surface area contributed by atoms with Crippen LogP contribution in [-0.2, 0) is 11.3 Å². The Kier molecular flexibility index (Phi) is 4.61. The van der Waals surface area contributed by atoms with E-state index in [1.54, 1.807) is 20.4 Å². The third kappa shape index (κ3) is 2.78. The van der Waals surface area contributed by atoms with E-state index in [0.29, 0.717) is 11.3 Å². The van der Waals surface area contributed by atoms with E-state index >= 15 is 0 Å². The Labute approximate surface area is 138 Å². The van der Waals surface area contributed by atoms with Crippen LogP contribution < -0.4 is 10.1 Å². The van der Waals surface area contributed by atoms with E-state index in [-0.39, 0.29) is 18.8 Å². The van der Waals surface area contributed by atoms with Crippen molar-refractivity contribution in [1.82, 2.24) is 15.3 Å². The van der Waals surface area contributed by atoms with Gasteiger partial charge in [-0.1, -0.05) is 0 Å². The number of carbonyl (C=O) groups is 1. The SMILES string of the molecule is COCc1c(C(=O)NCCF)ncc2[nH]c3ccc(OC)cc3c12. The molecule has 0 fully saturated rings. The lowest BCUT2D eigenvalue weighted by Gasteiger charge is -2.10. The van der Waals surface area contributed by atoms with Crippen LogP contribution in [0.2, 0.25) is 0 Å². The lowest BCUT2D eigenvalue weighted by molar-refractivity contribution is 0.0941. The van der Waals surface area contributed by atoms with Gasteiger partial charge >= 0.3 is 0 Å². The zero-order valence-electron chi connectivity index (χ0n) is 13.5. The number of hydrogen-bond donors (Lipinski definition) is 2. The first kappa shape index (κ1) is 16.2. The molecule has 0 aliphatic carbocycles. The molecule has 0 aliphatic heterocycles. The van der Waals surface area contributed by atoms with Crippen LogP contribution in [0.5, 0.6) is 5.75 Å². The number of nitrogens with zero attached hydrogens (tertiary/aromatic N) is 1. The van der Waals surface area contributed by atoms with E-state index < -0.39 is 12.6 Å². The summed E-state index contributed by atoms with van der Waals surface area (Å²) >= 11 is 0. The number of aromatic nitrogens is 2. The summed E-state index contributed by atoms with van der Waals surface area (Å²) in [5.74, 6) is 0.297. The van der Waals surface area contributed by atoms with Crippen molar-refractivity contribution in [2.24, 2.45) is 0 Å². The van der Waals surface area contributed by atoms with Gasteiger partial charge in [0.15, 0.2) is 0 Å². The average molecular weight is 331 g/mol. The molecule has 0 atom stereocenters. The van der Waals surface area contributed by atoms with Crippen molar-refractivity contribution in [1.29, 1.82) is 0 Å². The van der Waals surface area contributed by atoms with Gasteiger partial charge in [0, 0.05) is 35.5 Å². The predicted molar refractivity (Wildman–Crippen MR) is 89.2 cm³/mol. The third-order valence-electron chi connectivity index (χ3n) is 3.83. The maximum atomic E-state index is 12.3. The molecule has 0 radical (unpaired) electrons. The Morgan fingerprint density at radius 2 is 2.17 bits per heavy atom. The van der Waals surface area contributed by atoms with E-state index in [2.05, 4.69) is 15.3 Å². The molecule has 0 saturated heterocycles. The lowest BCUT2D eigenvalue weighted by atomic mass is 10.1. The van der Waals surface area contributed by atoms with Crippen LogP contribution in [0, 0.1) is 0 Å². The van der Waals surface area contributed by atoms with Gasteiger partial charge < -0.3 is 19.8 Å². The molecule has 126 valence electrons. The van der Waals surface area contributed by atoms with E-state index in [1.165, 1.54) is 0 Å². The minimum absolute atomic E-state index is 0.0489. The number of carbonyl (C=O) groups excluding carboxylic acids is 1. The summed E-state index contributed by atoms with van der Waals surface area (Å²) < 4.78 is 22.9. The van der Waals surface area contributed by atoms with Crippen molar-refractivity contribution in [3.63, 3.8) is 0 Å². The van der Waals surface area contributed by atoms with Crippen LogP contribution >= 0.6 is 0 Å². The first-order valence-corrected chi connectivity index (χ1v) is 7.50. The summed E-state index contributed by atoms with van der Waals surface area (Å²) in [6.45, 7) is -0.461. The van der Waals surface area contributed by atoms with Gasteiger partial charge in [0.25, 0.3) is 5.91 Å². The summed E-state index contributed by atoms with van der Waals surface area (Å²) in [6.07, 6.45) is 1.60. The number of fused-ring (bicyclic) bond motifs is 3. The monoisotopic (exact) mass is 331 g/mol. The molecular formula is C17H18FN3O3. The minimum atomic E-state index is -0.627. The summed E-state index contributed by atoms with van der Waals surface area (Å²) in [4.78, 5) is 19.8. The number of hydrogen-bond acceptors (Lipinski definition) is 4. The molecule has 3 rings (SSSR count). The van der Waals surface area contributed by atoms with E-state index in [4.69, 9.17) is 9.47 Å². The Morgan fingerprint density at radius 1 is 1.33 bits per heavy atom. The Bertz CT molecular complexity index is 892. The molecule has 2 heterocycles. The highest BCUT2D eigenvalue weighted by Crippen LogP contribution is 2.32. The maximum Gasteiger partial charge on any atom is 0.270 e. The van der Waals surface area contributed by atoms with Crippen molar-refractivity contribution in [3.05, 3.63) is 35.7 Å². The smallest absolute Gasteiger partial charge is 0.270 e. The Morgan fingerprint density at radius 3 is 2.88 bits per heavy atom. The lowest BCUT2D eigenvalue weighted by Crippen LogP contribution is -2.27. The van der Waals surface area contributed by atoms with Crippen molar-refractivity contribution < 1.29 is 18.7 Å². The van der Waals surface area contributed by atoms with E-state index in [0.717, 1.165) is 21.8 Å². The number of benzene rings is 1. The maximum absolute atomic E-state index is 12.3. The molecule has 24 heavy (non-hydrogen) atoms. The molecule has 0 spiro atoms. The number of methoxy groups -OCH3 is 2. The average Bonchev–Trinajstić information content (AvgIpc) is 2.98. The second kappa shape index (κ2) is 6.84. The third-order valence-corrected chi connectivity index (χ3v) is 3.83. The van der Waals surface area contributed by atoms with Gasteiger partial charge in [-0.3, -0.25) is 4.79 Å². The molecule has 1 aromatic carbocycles. The second-order valence-electron chi connectivity index (χ2n) is 5.29. The number of pyridine rings is 1. The molecule has 6 nitrogen and oxygen atoms in total. The number of aromatic amines is 1. The largest absolute Gasteiger partial charge is 0.497 e. The van der Waals surface area contributed by atoms with Crippen molar-refractivity contribution in [3.8, 4) is 5.75 Å². The number of nitrogens with one attached hydrogen (secondary N) is 2. The number of rotatable bonds is 6. The fraction of sp³-hybridized carbons (Fsp3) is 0.294. The minimum Gasteiger partial charge on any atom is -0.497 e. The molecule has 7 heteroatoms. The van der Waals surface area contributed by atoms with Crippen LogP contribution in [0.3, 0.4) is 0 Å². The first-order valence-electron chi connectivity index (χ1n) is 7.50. The molecular weight excluding hydrogens is 313 g/mol. The van der Waals surface area contributed by atoms with E-state index in [1.807, 2.05) is 18.2 Å². The number of amides is 1. The zero-order valence-corrected chi connectivity index (χ0v) is 13.5. The number of halogens is 1. The highest BCUT2D eigenvalue weighted by Gasteiger charge is 2.19. The quantitative estimate of drug-likeness (QED) is 0.728. The van der Waals surface area contributed by atoms with Gasteiger partial charge in [-0.05, 0) is 18.2 Å². The highest BCUT2D eigenvalue weighted by molar-refractivity contribution is 6.11. The fourth-order valence-electron chi connectivity index (χ4n) is 2.79. The molecule has 0 unspecified atom stereocenters. The molecule has 2 N–H and O–H groups in total. The fourth-order valence-corrected chi connectivity index (χ4v) is 2.79. The van der Waals surface area contributed by atoms with E-state index in [9.17, 15) is 9.18 Å². The number of alkyl halides is 1. The second-order valence-corrected chi connectivity index (χ2v) is 5.29.